The number of nitrogens with two attached hydrogens (primary N) is 1. The van der Waals surface area contributed by atoms with Crippen LogP contribution in [0.1, 0.15) is 38.2 Å². The van der Waals surface area contributed by atoms with Crippen molar-refractivity contribution in [2.24, 2.45) is 11.7 Å². The van der Waals surface area contributed by atoms with Gasteiger partial charge in [0.2, 0.25) is 0 Å². The monoisotopic (exact) mass is 252 g/mol. The second-order valence-corrected chi connectivity index (χ2v) is 5.23. The Labute approximate surface area is 109 Å². The van der Waals surface area contributed by atoms with Gasteiger partial charge >= 0.3 is 0 Å². The predicted octanol–water partition coefficient (Wildman–Crippen LogP) is 1.35. The Morgan fingerprint density at radius 2 is 2.11 bits per heavy atom. The highest BCUT2D eigenvalue weighted by molar-refractivity contribution is 5.92. The minimum atomic E-state index is -0.00512. The van der Waals surface area contributed by atoms with Crippen LogP contribution in [0.25, 0.3) is 0 Å². The molecule has 0 unspecified atom stereocenters. The Kier molecular flexibility index (Phi) is 5.34. The molecular weight excluding hydrogens is 228 g/mol. The first kappa shape index (κ1) is 14.7. The normalized spacial score (nSPS) is 11.3. The van der Waals surface area contributed by atoms with Gasteiger partial charge in [0.15, 0.2) is 0 Å². The number of hydrogen-bond donors (Lipinski definition) is 1. The van der Waals surface area contributed by atoms with E-state index in [4.69, 9.17) is 5.73 Å². The van der Waals surface area contributed by atoms with Crippen LogP contribution in [0.2, 0.25) is 0 Å². The van der Waals surface area contributed by atoms with E-state index in [0.717, 1.165) is 6.54 Å². The lowest BCUT2D eigenvalue weighted by Gasteiger charge is -2.27. The molecule has 1 aromatic rings. The van der Waals surface area contributed by atoms with Crippen molar-refractivity contribution in [2.45, 2.75) is 40.3 Å². The number of aromatic nitrogens is 2. The van der Waals surface area contributed by atoms with Crippen molar-refractivity contribution in [3.63, 3.8) is 0 Å². The molecule has 0 atom stereocenters. The zero-order valence-corrected chi connectivity index (χ0v) is 11.8. The van der Waals surface area contributed by atoms with Gasteiger partial charge in [-0.15, -0.1) is 0 Å². The average molecular weight is 252 g/mol. The molecule has 0 saturated heterocycles. The summed E-state index contributed by atoms with van der Waals surface area (Å²) in [6.07, 6.45) is 3.43. The van der Waals surface area contributed by atoms with Gasteiger partial charge < -0.3 is 15.2 Å². The summed E-state index contributed by atoms with van der Waals surface area (Å²) in [5.41, 5.74) is 5.97. The lowest BCUT2D eigenvalue weighted by atomic mass is 10.1. The van der Waals surface area contributed by atoms with Crippen molar-refractivity contribution in [2.75, 3.05) is 13.1 Å². The zero-order valence-electron chi connectivity index (χ0n) is 11.8. The first-order valence-electron chi connectivity index (χ1n) is 6.48. The van der Waals surface area contributed by atoms with Crippen molar-refractivity contribution in [1.29, 1.82) is 0 Å². The average Bonchev–Trinajstić information content (AvgIpc) is 2.73. The van der Waals surface area contributed by atoms with E-state index in [1.165, 1.54) is 0 Å². The number of rotatable bonds is 6. The second-order valence-electron chi connectivity index (χ2n) is 5.23. The zero-order chi connectivity index (χ0) is 13.7. The Hall–Kier alpha value is -1.36. The summed E-state index contributed by atoms with van der Waals surface area (Å²) >= 11 is 0. The van der Waals surface area contributed by atoms with E-state index in [2.05, 4.69) is 18.8 Å². The Balaban J connectivity index is 2.81. The number of hydrogen-bond acceptors (Lipinski definition) is 3. The highest BCUT2D eigenvalue weighted by Gasteiger charge is 2.21. The van der Waals surface area contributed by atoms with Gasteiger partial charge in [-0.05, 0) is 19.8 Å². The van der Waals surface area contributed by atoms with Gasteiger partial charge in [0.25, 0.3) is 5.91 Å². The Morgan fingerprint density at radius 1 is 1.44 bits per heavy atom. The number of carbonyl (C=O) groups is 1. The van der Waals surface area contributed by atoms with Crippen LogP contribution in [0.4, 0.5) is 0 Å². The molecular formula is C13H24N4O. The first-order chi connectivity index (χ1) is 8.45. The molecule has 0 bridgehead atoms. The number of imidazole rings is 1. The third kappa shape index (κ3) is 3.84. The van der Waals surface area contributed by atoms with Crippen molar-refractivity contribution in [3.05, 3.63) is 18.2 Å². The van der Waals surface area contributed by atoms with Crippen LogP contribution in [-0.4, -0.2) is 39.5 Å². The lowest BCUT2D eigenvalue weighted by Crippen LogP contribution is -2.39. The maximum Gasteiger partial charge on any atom is 0.274 e. The molecule has 0 fully saturated rings. The van der Waals surface area contributed by atoms with E-state index in [0.29, 0.717) is 24.7 Å². The van der Waals surface area contributed by atoms with Crippen LogP contribution in [0.5, 0.6) is 0 Å². The van der Waals surface area contributed by atoms with Crippen molar-refractivity contribution < 1.29 is 4.79 Å². The van der Waals surface area contributed by atoms with Gasteiger partial charge in [0.1, 0.15) is 5.69 Å². The fourth-order valence-corrected chi connectivity index (χ4v) is 1.81. The number of carbonyl (C=O) groups excluding carboxylic acids is 1. The van der Waals surface area contributed by atoms with Crippen LogP contribution in [-0.2, 0) is 6.54 Å². The molecule has 0 radical (unpaired) electrons. The molecule has 5 heteroatoms. The van der Waals surface area contributed by atoms with Gasteiger partial charge in [-0.25, -0.2) is 4.98 Å². The molecule has 2 N–H and O–H groups in total. The summed E-state index contributed by atoms with van der Waals surface area (Å²) in [6, 6.07) is 0.180. The summed E-state index contributed by atoms with van der Waals surface area (Å²) in [4.78, 5) is 18.4. The van der Waals surface area contributed by atoms with Gasteiger partial charge in [0.05, 0.1) is 6.33 Å². The number of nitrogens with zero attached hydrogens (tertiary/aromatic N) is 3. The largest absolute Gasteiger partial charge is 0.335 e. The van der Waals surface area contributed by atoms with Crippen LogP contribution in [0.3, 0.4) is 0 Å². The van der Waals surface area contributed by atoms with Gasteiger partial charge in [-0.1, -0.05) is 13.8 Å². The van der Waals surface area contributed by atoms with E-state index in [9.17, 15) is 4.79 Å². The molecule has 1 rings (SSSR count). The van der Waals surface area contributed by atoms with Gasteiger partial charge in [0, 0.05) is 31.9 Å². The predicted molar refractivity (Wildman–Crippen MR) is 72.3 cm³/mol. The maximum absolute atomic E-state index is 12.4. The van der Waals surface area contributed by atoms with Crippen LogP contribution >= 0.6 is 0 Å². The van der Waals surface area contributed by atoms with E-state index < -0.39 is 0 Å². The maximum atomic E-state index is 12.4. The van der Waals surface area contributed by atoms with E-state index >= 15 is 0 Å². The van der Waals surface area contributed by atoms with E-state index in [-0.39, 0.29) is 11.9 Å². The third-order valence-corrected chi connectivity index (χ3v) is 2.69. The summed E-state index contributed by atoms with van der Waals surface area (Å²) in [6.45, 7) is 10.2. The molecule has 0 aliphatic heterocycles. The molecule has 0 aromatic carbocycles. The SMILES string of the molecule is CC(C)CN(C(=O)c1cn(CCN)cn1)C(C)C. The minimum absolute atomic E-state index is 0.00512. The molecule has 18 heavy (non-hydrogen) atoms. The molecule has 0 aliphatic carbocycles. The van der Waals surface area contributed by atoms with Crippen LogP contribution in [0, 0.1) is 5.92 Å². The van der Waals surface area contributed by atoms with Crippen molar-refractivity contribution >= 4 is 5.91 Å². The lowest BCUT2D eigenvalue weighted by molar-refractivity contribution is 0.0676. The second kappa shape index (κ2) is 6.54. The fraction of sp³-hybridized carbons (Fsp3) is 0.692. The summed E-state index contributed by atoms with van der Waals surface area (Å²) in [5, 5.41) is 0. The molecule has 1 heterocycles. The highest BCUT2D eigenvalue weighted by Crippen LogP contribution is 2.09. The molecule has 1 aromatic heterocycles. The minimum Gasteiger partial charge on any atom is -0.335 e. The highest BCUT2D eigenvalue weighted by atomic mass is 16.2. The molecule has 1 amide bonds. The smallest absolute Gasteiger partial charge is 0.274 e. The Bertz CT molecular complexity index is 384. The van der Waals surface area contributed by atoms with Crippen molar-refractivity contribution in [1.82, 2.24) is 14.5 Å². The standard InChI is InChI=1S/C13H24N4O/c1-10(2)7-17(11(3)4)13(18)12-8-16(6-5-14)9-15-12/h8-11H,5-7,14H2,1-4H3. The molecule has 0 spiro atoms. The molecule has 0 saturated carbocycles. The van der Waals surface area contributed by atoms with Gasteiger partial charge in [-0.3, -0.25) is 4.79 Å². The van der Waals surface area contributed by atoms with Crippen molar-refractivity contribution in [3.8, 4) is 0 Å². The summed E-state index contributed by atoms with van der Waals surface area (Å²) < 4.78 is 1.85. The van der Waals surface area contributed by atoms with Crippen LogP contribution in [0.15, 0.2) is 12.5 Å². The number of amides is 1. The van der Waals surface area contributed by atoms with Gasteiger partial charge in [-0.2, -0.15) is 0 Å². The Morgan fingerprint density at radius 3 is 2.61 bits per heavy atom. The first-order valence-corrected chi connectivity index (χ1v) is 6.48. The molecule has 102 valence electrons. The molecule has 0 aliphatic rings. The van der Waals surface area contributed by atoms with E-state index in [1.54, 1.807) is 12.5 Å². The topological polar surface area (TPSA) is 64.2 Å². The quantitative estimate of drug-likeness (QED) is 0.831. The summed E-state index contributed by atoms with van der Waals surface area (Å²) in [5.74, 6) is 0.442. The fourth-order valence-electron chi connectivity index (χ4n) is 1.81. The van der Waals surface area contributed by atoms with Crippen LogP contribution < -0.4 is 5.73 Å². The molecule has 5 nitrogen and oxygen atoms in total. The third-order valence-electron chi connectivity index (χ3n) is 2.69. The summed E-state index contributed by atoms with van der Waals surface area (Å²) in [7, 11) is 0. The van der Waals surface area contributed by atoms with E-state index in [1.807, 2.05) is 23.3 Å².